The molecule has 1 unspecified atom stereocenters. The number of fused-ring (bicyclic) bond motifs is 1. The molecule has 1 heterocycles. The van der Waals surface area contributed by atoms with Crippen LogP contribution < -0.4 is 4.72 Å². The monoisotopic (exact) mass is 334 g/mol. The number of benzene rings is 2. The number of hydrogen-bond donors (Lipinski definition) is 1. The summed E-state index contributed by atoms with van der Waals surface area (Å²) in [4.78, 5) is 4.55. The maximum atomic E-state index is 13.0. The summed E-state index contributed by atoms with van der Waals surface area (Å²) in [7, 11) is -2.02. The molecule has 0 fully saturated rings. The Labute approximate surface area is 133 Å². The first-order valence-corrected chi connectivity index (χ1v) is 8.44. The first kappa shape index (κ1) is 15.6. The topological polar surface area (TPSA) is 67.8 Å². The molecule has 0 aliphatic carbocycles. The second-order valence-corrected chi connectivity index (χ2v) is 6.72. The molecule has 23 heavy (non-hydrogen) atoms. The summed E-state index contributed by atoms with van der Waals surface area (Å²) in [6.45, 7) is 0.217. The van der Waals surface area contributed by atoms with Crippen molar-refractivity contribution in [3.63, 3.8) is 0 Å². The third-order valence-electron chi connectivity index (χ3n) is 3.60. The fourth-order valence-electron chi connectivity index (χ4n) is 2.42. The minimum atomic E-state index is -3.55. The molecule has 0 saturated carbocycles. The Balaban J connectivity index is 1.86. The lowest BCUT2D eigenvalue weighted by molar-refractivity contribution is 0.111. The van der Waals surface area contributed by atoms with Gasteiger partial charge in [0.05, 0.1) is 11.4 Å². The molecular formula is C16H15FN2O3S. The zero-order valence-corrected chi connectivity index (χ0v) is 13.2. The summed E-state index contributed by atoms with van der Waals surface area (Å²) in [5.41, 5.74) is 1.31. The number of amidine groups is 1. The number of aliphatic imine (C=N–C) groups is 1. The number of rotatable bonds is 4. The summed E-state index contributed by atoms with van der Waals surface area (Å²) in [5, 5.41) is 0. The van der Waals surface area contributed by atoms with Gasteiger partial charge in [-0.2, -0.15) is 0 Å². The minimum Gasteiger partial charge on any atom is -0.375 e. The molecule has 0 spiro atoms. The largest absolute Gasteiger partial charge is 0.375 e. The van der Waals surface area contributed by atoms with Gasteiger partial charge in [-0.1, -0.05) is 24.3 Å². The van der Waals surface area contributed by atoms with Gasteiger partial charge in [0.2, 0.25) is 0 Å². The molecule has 5 nitrogen and oxygen atoms in total. The van der Waals surface area contributed by atoms with Gasteiger partial charge in [0.1, 0.15) is 17.8 Å². The maximum absolute atomic E-state index is 13.0. The third-order valence-corrected chi connectivity index (χ3v) is 5.00. The van der Waals surface area contributed by atoms with E-state index in [-0.39, 0.29) is 23.4 Å². The molecule has 1 N–H and O–H groups in total. The van der Waals surface area contributed by atoms with Gasteiger partial charge in [-0.15, -0.1) is 0 Å². The lowest BCUT2D eigenvalue weighted by Crippen LogP contribution is -2.23. The van der Waals surface area contributed by atoms with Crippen LogP contribution in [0.5, 0.6) is 0 Å². The Bertz CT molecular complexity index is 848. The molecular weight excluding hydrogens is 319 g/mol. The van der Waals surface area contributed by atoms with Crippen LogP contribution in [-0.2, 0) is 14.8 Å². The SMILES string of the molecule is COC(CN=C1NS(=O)(=O)c2ccccc21)c1ccc(F)cc1. The van der Waals surface area contributed by atoms with Gasteiger partial charge in [-0.3, -0.25) is 9.71 Å². The minimum absolute atomic E-state index is 0.217. The molecule has 3 rings (SSSR count). The van der Waals surface area contributed by atoms with Crippen molar-refractivity contribution in [2.45, 2.75) is 11.0 Å². The highest BCUT2D eigenvalue weighted by Gasteiger charge is 2.30. The van der Waals surface area contributed by atoms with E-state index in [0.29, 0.717) is 11.4 Å². The molecule has 0 radical (unpaired) electrons. The average Bonchev–Trinajstić information content (AvgIpc) is 2.81. The number of ether oxygens (including phenoxy) is 1. The van der Waals surface area contributed by atoms with Gasteiger partial charge in [-0.05, 0) is 29.8 Å². The Kier molecular flexibility index (Phi) is 4.14. The van der Waals surface area contributed by atoms with Crippen molar-refractivity contribution in [3.8, 4) is 0 Å². The van der Waals surface area contributed by atoms with Crippen molar-refractivity contribution in [3.05, 3.63) is 65.5 Å². The first-order valence-electron chi connectivity index (χ1n) is 6.96. The average molecular weight is 334 g/mol. The van der Waals surface area contributed by atoms with E-state index in [0.717, 1.165) is 5.56 Å². The van der Waals surface area contributed by atoms with Gasteiger partial charge < -0.3 is 4.74 Å². The zero-order chi connectivity index (χ0) is 16.4. The molecule has 1 aliphatic heterocycles. The number of nitrogens with one attached hydrogen (secondary N) is 1. The van der Waals surface area contributed by atoms with E-state index in [4.69, 9.17) is 4.74 Å². The summed E-state index contributed by atoms with van der Waals surface area (Å²) in [5.74, 6) is -0.0304. The predicted molar refractivity (Wildman–Crippen MR) is 84.3 cm³/mol. The van der Waals surface area contributed by atoms with E-state index >= 15 is 0 Å². The summed E-state index contributed by atoms with van der Waals surface area (Å²) in [6, 6.07) is 12.6. The van der Waals surface area contributed by atoms with Crippen molar-refractivity contribution < 1.29 is 17.5 Å². The Morgan fingerprint density at radius 2 is 1.87 bits per heavy atom. The lowest BCUT2D eigenvalue weighted by atomic mass is 10.1. The molecule has 0 aromatic heterocycles. The number of halogens is 1. The van der Waals surface area contributed by atoms with Crippen molar-refractivity contribution in [1.29, 1.82) is 0 Å². The zero-order valence-electron chi connectivity index (χ0n) is 12.4. The fraction of sp³-hybridized carbons (Fsp3) is 0.188. The van der Waals surface area contributed by atoms with E-state index in [2.05, 4.69) is 9.71 Å². The normalized spacial score (nSPS) is 18.4. The van der Waals surface area contributed by atoms with Crippen LogP contribution >= 0.6 is 0 Å². The van der Waals surface area contributed by atoms with Crippen molar-refractivity contribution in [1.82, 2.24) is 4.72 Å². The van der Waals surface area contributed by atoms with Crippen LogP contribution in [0.3, 0.4) is 0 Å². The fourth-order valence-corrected chi connectivity index (χ4v) is 3.67. The molecule has 0 amide bonds. The molecule has 1 aliphatic rings. The standard InChI is InChI=1S/C16H15FN2O3S/c1-22-14(11-6-8-12(17)9-7-11)10-18-16-13-4-2-3-5-15(13)23(20,21)19-16/h2-9,14H,10H2,1H3,(H,18,19). The van der Waals surface area contributed by atoms with Crippen molar-refractivity contribution >= 4 is 15.9 Å². The second kappa shape index (κ2) is 6.10. The Morgan fingerprint density at radius 1 is 1.17 bits per heavy atom. The third kappa shape index (κ3) is 3.11. The van der Waals surface area contributed by atoms with Crippen LogP contribution in [0.4, 0.5) is 4.39 Å². The second-order valence-electron chi connectivity index (χ2n) is 5.07. The van der Waals surface area contributed by atoms with E-state index < -0.39 is 10.0 Å². The van der Waals surface area contributed by atoms with Gasteiger partial charge >= 0.3 is 0 Å². The van der Waals surface area contributed by atoms with E-state index in [1.54, 1.807) is 30.3 Å². The summed E-state index contributed by atoms with van der Waals surface area (Å²) < 4.78 is 44.8. The van der Waals surface area contributed by atoms with Gasteiger partial charge in [0.25, 0.3) is 10.0 Å². The number of nitrogens with zero attached hydrogens (tertiary/aromatic N) is 1. The molecule has 7 heteroatoms. The number of methoxy groups -OCH3 is 1. The quantitative estimate of drug-likeness (QED) is 0.932. The van der Waals surface area contributed by atoms with Gasteiger partial charge in [-0.25, -0.2) is 12.8 Å². The lowest BCUT2D eigenvalue weighted by Gasteiger charge is -2.13. The first-order chi connectivity index (χ1) is 11.0. The predicted octanol–water partition coefficient (Wildman–Crippen LogP) is 2.25. The molecule has 1 atom stereocenters. The molecule has 2 aromatic rings. The van der Waals surface area contributed by atoms with Gasteiger partial charge in [0.15, 0.2) is 0 Å². The van der Waals surface area contributed by atoms with Crippen LogP contribution in [0, 0.1) is 5.82 Å². The highest BCUT2D eigenvalue weighted by atomic mass is 32.2. The summed E-state index contributed by atoms with van der Waals surface area (Å²) >= 11 is 0. The molecule has 120 valence electrons. The highest BCUT2D eigenvalue weighted by molar-refractivity contribution is 7.90. The number of sulfonamides is 1. The van der Waals surface area contributed by atoms with Crippen LogP contribution in [0.1, 0.15) is 17.2 Å². The van der Waals surface area contributed by atoms with Crippen LogP contribution in [0.2, 0.25) is 0 Å². The van der Waals surface area contributed by atoms with E-state index in [1.807, 2.05) is 0 Å². The van der Waals surface area contributed by atoms with Crippen molar-refractivity contribution in [2.75, 3.05) is 13.7 Å². The van der Waals surface area contributed by atoms with Crippen LogP contribution in [-0.4, -0.2) is 27.9 Å². The maximum Gasteiger partial charge on any atom is 0.263 e. The Morgan fingerprint density at radius 3 is 2.57 bits per heavy atom. The smallest absolute Gasteiger partial charge is 0.263 e. The molecule has 2 aromatic carbocycles. The van der Waals surface area contributed by atoms with E-state index in [1.165, 1.54) is 25.3 Å². The van der Waals surface area contributed by atoms with Crippen LogP contribution in [0.25, 0.3) is 0 Å². The highest BCUT2D eigenvalue weighted by Crippen LogP contribution is 2.23. The van der Waals surface area contributed by atoms with E-state index in [9.17, 15) is 12.8 Å². The van der Waals surface area contributed by atoms with Crippen LogP contribution in [0.15, 0.2) is 58.4 Å². The Hall–Kier alpha value is -2.25. The molecule has 0 bridgehead atoms. The number of hydrogen-bond acceptors (Lipinski definition) is 4. The molecule has 0 saturated heterocycles. The van der Waals surface area contributed by atoms with Crippen molar-refractivity contribution in [2.24, 2.45) is 4.99 Å². The summed E-state index contributed by atoms with van der Waals surface area (Å²) in [6.07, 6.45) is -0.389. The van der Waals surface area contributed by atoms with Gasteiger partial charge in [0, 0.05) is 12.7 Å².